The van der Waals surface area contributed by atoms with Crippen molar-refractivity contribution < 1.29 is 17.9 Å². The number of aromatic nitrogens is 1. The lowest BCUT2D eigenvalue weighted by Crippen LogP contribution is -2.13. The number of nitro groups is 1. The van der Waals surface area contributed by atoms with E-state index in [9.17, 15) is 18.5 Å². The topological polar surface area (TPSA) is 115 Å². The zero-order chi connectivity index (χ0) is 14.9. The van der Waals surface area contributed by atoms with E-state index in [0.29, 0.717) is 5.69 Å². The summed E-state index contributed by atoms with van der Waals surface area (Å²) in [4.78, 5) is 9.54. The van der Waals surface area contributed by atoms with E-state index in [0.717, 1.165) is 18.2 Å². The molecule has 0 fully saturated rings. The summed E-state index contributed by atoms with van der Waals surface area (Å²) < 4.78 is 31.0. The maximum atomic E-state index is 12.1. The van der Waals surface area contributed by atoms with Gasteiger partial charge in [0, 0.05) is 18.2 Å². The summed E-state index contributed by atoms with van der Waals surface area (Å²) in [7, 11) is -4.11. The summed E-state index contributed by atoms with van der Waals surface area (Å²) in [5.41, 5.74) is 0.0939. The molecule has 0 aliphatic rings. The number of halogens is 1. The second-order valence-electron chi connectivity index (χ2n) is 3.81. The van der Waals surface area contributed by atoms with E-state index in [1.54, 1.807) is 6.92 Å². The molecular weight excluding hydrogens is 310 g/mol. The summed E-state index contributed by atoms with van der Waals surface area (Å²) in [6.45, 7) is 1.61. The van der Waals surface area contributed by atoms with Crippen molar-refractivity contribution in [3.8, 4) is 0 Å². The minimum Gasteiger partial charge on any atom is -0.338 e. The number of anilines is 1. The van der Waals surface area contributed by atoms with Crippen LogP contribution in [0.4, 0.5) is 11.6 Å². The van der Waals surface area contributed by atoms with Crippen LogP contribution in [-0.4, -0.2) is 18.5 Å². The number of benzene rings is 1. The van der Waals surface area contributed by atoms with Gasteiger partial charge in [-0.2, -0.15) is 0 Å². The van der Waals surface area contributed by atoms with Crippen LogP contribution in [0.15, 0.2) is 33.7 Å². The minimum absolute atomic E-state index is 0.106. The Morgan fingerprint density at radius 1 is 1.40 bits per heavy atom. The van der Waals surface area contributed by atoms with E-state index in [1.165, 1.54) is 6.07 Å². The first-order valence-corrected chi connectivity index (χ1v) is 7.06. The maximum absolute atomic E-state index is 12.1. The minimum atomic E-state index is -4.11. The normalized spacial score (nSPS) is 11.3. The van der Waals surface area contributed by atoms with Crippen LogP contribution in [0.5, 0.6) is 0 Å². The van der Waals surface area contributed by atoms with Crippen molar-refractivity contribution in [2.24, 2.45) is 0 Å². The quantitative estimate of drug-likeness (QED) is 0.683. The molecule has 0 saturated heterocycles. The molecule has 1 heterocycles. The number of hydrogen-bond acceptors (Lipinski definition) is 6. The van der Waals surface area contributed by atoms with Gasteiger partial charge in [0.05, 0.1) is 15.6 Å². The van der Waals surface area contributed by atoms with Crippen molar-refractivity contribution in [3.63, 3.8) is 0 Å². The lowest BCUT2D eigenvalue weighted by Gasteiger charge is -2.06. The molecule has 1 N–H and O–H groups in total. The van der Waals surface area contributed by atoms with Gasteiger partial charge in [0.2, 0.25) is 5.88 Å². The molecule has 20 heavy (non-hydrogen) atoms. The molecule has 106 valence electrons. The third-order valence-corrected chi connectivity index (χ3v) is 4.11. The summed E-state index contributed by atoms with van der Waals surface area (Å²) in [5.74, 6) is -0.106. The lowest BCUT2D eigenvalue weighted by molar-refractivity contribution is -0.385. The molecular formula is C10H8ClN3O5S. The molecule has 1 aromatic heterocycles. The van der Waals surface area contributed by atoms with E-state index in [1.807, 2.05) is 0 Å². The zero-order valence-corrected chi connectivity index (χ0v) is 11.6. The molecule has 0 bridgehead atoms. The van der Waals surface area contributed by atoms with Gasteiger partial charge in [-0.1, -0.05) is 16.8 Å². The van der Waals surface area contributed by atoms with Gasteiger partial charge in [-0.15, -0.1) is 0 Å². The standard InChI is InChI=1S/C10H8ClN3O5S/c1-6-4-10(19-12-6)13-20(17,18)9-5-7(14(15)16)2-3-8(9)11/h2-5,13H,1H3. The van der Waals surface area contributed by atoms with Gasteiger partial charge in [0.15, 0.2) is 0 Å². The van der Waals surface area contributed by atoms with Gasteiger partial charge in [0.1, 0.15) is 4.90 Å². The number of nitrogens with one attached hydrogen (secondary N) is 1. The maximum Gasteiger partial charge on any atom is 0.270 e. The predicted octanol–water partition coefficient (Wildman–Crippen LogP) is 2.35. The molecule has 0 unspecified atom stereocenters. The number of nitrogens with zero attached hydrogens (tertiary/aromatic N) is 2. The predicted molar refractivity (Wildman–Crippen MR) is 70.2 cm³/mol. The van der Waals surface area contributed by atoms with Crippen molar-refractivity contribution in [3.05, 3.63) is 45.1 Å². The Bertz CT molecular complexity index is 771. The van der Waals surface area contributed by atoms with Gasteiger partial charge < -0.3 is 4.52 Å². The van der Waals surface area contributed by atoms with Crippen LogP contribution < -0.4 is 4.72 Å². The van der Waals surface area contributed by atoms with E-state index in [4.69, 9.17) is 16.1 Å². The Balaban J connectivity index is 2.43. The molecule has 0 atom stereocenters. The van der Waals surface area contributed by atoms with Crippen LogP contribution in [0.1, 0.15) is 5.69 Å². The fraction of sp³-hybridized carbons (Fsp3) is 0.100. The second kappa shape index (κ2) is 5.10. The van der Waals surface area contributed by atoms with Crippen LogP contribution >= 0.6 is 11.6 Å². The third-order valence-electron chi connectivity index (χ3n) is 2.28. The van der Waals surface area contributed by atoms with Crippen LogP contribution in [0.2, 0.25) is 5.02 Å². The summed E-state index contributed by atoms with van der Waals surface area (Å²) in [6, 6.07) is 4.48. The largest absolute Gasteiger partial charge is 0.338 e. The molecule has 2 rings (SSSR count). The van der Waals surface area contributed by atoms with Crippen LogP contribution in [0, 0.1) is 17.0 Å². The lowest BCUT2D eigenvalue weighted by atomic mass is 10.3. The summed E-state index contributed by atoms with van der Waals surface area (Å²) in [6.07, 6.45) is 0. The first-order chi connectivity index (χ1) is 9.29. The van der Waals surface area contributed by atoms with E-state index in [2.05, 4.69) is 9.88 Å². The highest BCUT2D eigenvalue weighted by atomic mass is 35.5. The SMILES string of the molecule is Cc1cc(NS(=O)(=O)c2cc([N+](=O)[O-])ccc2Cl)on1. The van der Waals surface area contributed by atoms with Crippen LogP contribution in [0.3, 0.4) is 0 Å². The third kappa shape index (κ3) is 2.89. The van der Waals surface area contributed by atoms with Crippen molar-refractivity contribution in [1.29, 1.82) is 0 Å². The molecule has 8 nitrogen and oxygen atoms in total. The molecule has 0 radical (unpaired) electrons. The van der Waals surface area contributed by atoms with E-state index >= 15 is 0 Å². The number of non-ortho nitro benzene ring substituents is 1. The monoisotopic (exact) mass is 317 g/mol. The molecule has 2 aromatic rings. The summed E-state index contributed by atoms with van der Waals surface area (Å²) in [5, 5.41) is 14.1. The average Bonchev–Trinajstić information content (AvgIpc) is 2.73. The van der Waals surface area contributed by atoms with Gasteiger partial charge >= 0.3 is 0 Å². The fourth-order valence-electron chi connectivity index (χ4n) is 1.41. The molecule has 0 aliphatic heterocycles. The highest BCUT2D eigenvalue weighted by molar-refractivity contribution is 7.92. The molecule has 0 saturated carbocycles. The number of hydrogen-bond donors (Lipinski definition) is 1. The van der Waals surface area contributed by atoms with Crippen LogP contribution in [-0.2, 0) is 10.0 Å². The Hall–Kier alpha value is -2.13. The van der Waals surface area contributed by atoms with Crippen molar-refractivity contribution in [2.45, 2.75) is 11.8 Å². The summed E-state index contributed by atoms with van der Waals surface area (Å²) >= 11 is 5.77. The second-order valence-corrected chi connectivity index (χ2v) is 5.87. The Morgan fingerprint density at radius 2 is 2.10 bits per heavy atom. The van der Waals surface area contributed by atoms with E-state index in [-0.39, 0.29) is 16.6 Å². The van der Waals surface area contributed by atoms with E-state index < -0.39 is 19.8 Å². The van der Waals surface area contributed by atoms with Gasteiger partial charge in [-0.05, 0) is 13.0 Å². The van der Waals surface area contributed by atoms with Gasteiger partial charge in [0.25, 0.3) is 15.7 Å². The van der Waals surface area contributed by atoms with Gasteiger partial charge in [-0.25, -0.2) is 13.1 Å². The number of rotatable bonds is 4. The average molecular weight is 318 g/mol. The molecule has 0 aliphatic carbocycles. The number of sulfonamides is 1. The first kappa shape index (κ1) is 14.3. The fourth-order valence-corrected chi connectivity index (χ4v) is 2.90. The smallest absolute Gasteiger partial charge is 0.270 e. The van der Waals surface area contributed by atoms with Crippen molar-refractivity contribution in [2.75, 3.05) is 4.72 Å². The number of nitro benzene ring substituents is 1. The Labute approximate surface area is 118 Å². The zero-order valence-electron chi connectivity index (χ0n) is 10.0. The molecule has 10 heteroatoms. The highest BCUT2D eigenvalue weighted by Crippen LogP contribution is 2.27. The Morgan fingerprint density at radius 3 is 2.65 bits per heavy atom. The highest BCUT2D eigenvalue weighted by Gasteiger charge is 2.23. The number of aryl methyl sites for hydroxylation is 1. The molecule has 0 spiro atoms. The Kier molecular flexibility index (Phi) is 3.64. The molecule has 1 aromatic carbocycles. The first-order valence-electron chi connectivity index (χ1n) is 5.20. The van der Waals surface area contributed by atoms with Crippen molar-refractivity contribution >= 4 is 33.2 Å². The van der Waals surface area contributed by atoms with Crippen LogP contribution in [0.25, 0.3) is 0 Å². The van der Waals surface area contributed by atoms with Crippen molar-refractivity contribution in [1.82, 2.24) is 5.16 Å². The molecule has 0 amide bonds. The van der Waals surface area contributed by atoms with Gasteiger partial charge in [-0.3, -0.25) is 10.1 Å².